The highest BCUT2D eigenvalue weighted by Gasteiger charge is 2.23. The van der Waals surface area contributed by atoms with E-state index < -0.39 is 10.0 Å². The number of nitrogens with zero attached hydrogens (tertiary/aromatic N) is 1. The van der Waals surface area contributed by atoms with E-state index in [-0.39, 0.29) is 6.04 Å². The number of hydrogen-bond acceptors (Lipinski definition) is 3. The van der Waals surface area contributed by atoms with E-state index >= 15 is 0 Å². The lowest BCUT2D eigenvalue weighted by atomic mass is 10.1. The van der Waals surface area contributed by atoms with Crippen LogP contribution in [0.4, 0.5) is 0 Å². The van der Waals surface area contributed by atoms with E-state index in [1.165, 1.54) is 24.0 Å². The van der Waals surface area contributed by atoms with Gasteiger partial charge in [-0.05, 0) is 36.1 Å². The fourth-order valence-electron chi connectivity index (χ4n) is 1.98. The summed E-state index contributed by atoms with van der Waals surface area (Å²) in [5, 5.41) is 0. The quantitative estimate of drug-likeness (QED) is 0.834. The zero-order valence-electron chi connectivity index (χ0n) is 9.47. The molecule has 0 aliphatic heterocycles. The van der Waals surface area contributed by atoms with Crippen LogP contribution >= 0.6 is 0 Å². The Morgan fingerprint density at radius 3 is 2.69 bits per heavy atom. The summed E-state index contributed by atoms with van der Waals surface area (Å²) >= 11 is 0. The fourth-order valence-corrected chi connectivity index (χ4v) is 2.92. The smallest absolute Gasteiger partial charge is 0.242 e. The van der Waals surface area contributed by atoms with Gasteiger partial charge >= 0.3 is 0 Å². The van der Waals surface area contributed by atoms with Gasteiger partial charge in [0.05, 0.1) is 4.90 Å². The van der Waals surface area contributed by atoms with Crippen LogP contribution in [0.25, 0.3) is 0 Å². The third-order valence-corrected chi connectivity index (χ3v) is 4.83. The van der Waals surface area contributed by atoms with Gasteiger partial charge < -0.3 is 5.73 Å². The zero-order valence-corrected chi connectivity index (χ0v) is 10.3. The summed E-state index contributed by atoms with van der Waals surface area (Å²) in [5.41, 5.74) is 8.07. The van der Waals surface area contributed by atoms with Gasteiger partial charge in [0.15, 0.2) is 0 Å². The van der Waals surface area contributed by atoms with E-state index in [1.807, 2.05) is 6.07 Å². The number of fused-ring (bicyclic) bond motifs is 1. The Morgan fingerprint density at radius 2 is 2.06 bits per heavy atom. The van der Waals surface area contributed by atoms with Gasteiger partial charge in [-0.25, -0.2) is 12.7 Å². The van der Waals surface area contributed by atoms with E-state index in [9.17, 15) is 8.42 Å². The molecule has 5 heteroatoms. The molecule has 0 amide bonds. The number of aryl methyl sites for hydroxylation is 1. The lowest BCUT2D eigenvalue weighted by Gasteiger charge is -2.13. The second-order valence-corrected chi connectivity index (χ2v) is 6.45. The number of hydrogen-bond donors (Lipinski definition) is 1. The van der Waals surface area contributed by atoms with Crippen molar-refractivity contribution in [1.82, 2.24) is 4.31 Å². The van der Waals surface area contributed by atoms with Gasteiger partial charge in [0.2, 0.25) is 10.0 Å². The number of rotatable bonds is 2. The summed E-state index contributed by atoms with van der Waals surface area (Å²) in [4.78, 5) is 0.327. The first-order valence-electron chi connectivity index (χ1n) is 5.24. The van der Waals surface area contributed by atoms with Crippen molar-refractivity contribution in [2.24, 2.45) is 5.73 Å². The molecular formula is C11H16N2O2S. The molecule has 16 heavy (non-hydrogen) atoms. The van der Waals surface area contributed by atoms with Gasteiger partial charge in [0.1, 0.15) is 0 Å². The minimum absolute atomic E-state index is 0.0210. The lowest BCUT2D eigenvalue weighted by Crippen LogP contribution is -2.22. The van der Waals surface area contributed by atoms with Gasteiger partial charge in [-0.2, -0.15) is 0 Å². The van der Waals surface area contributed by atoms with E-state index in [1.54, 1.807) is 12.1 Å². The molecule has 0 saturated heterocycles. The van der Waals surface area contributed by atoms with E-state index in [4.69, 9.17) is 5.73 Å². The second-order valence-electron chi connectivity index (χ2n) is 4.29. The minimum Gasteiger partial charge on any atom is -0.324 e. The largest absolute Gasteiger partial charge is 0.324 e. The molecule has 4 nitrogen and oxygen atoms in total. The van der Waals surface area contributed by atoms with Gasteiger partial charge in [0, 0.05) is 20.1 Å². The molecule has 1 aromatic rings. The van der Waals surface area contributed by atoms with Crippen molar-refractivity contribution < 1.29 is 8.42 Å². The average molecular weight is 240 g/mol. The summed E-state index contributed by atoms with van der Waals surface area (Å²) < 4.78 is 25.1. The molecule has 88 valence electrons. The highest BCUT2D eigenvalue weighted by Crippen LogP contribution is 2.31. The van der Waals surface area contributed by atoms with Crippen LogP contribution in [-0.4, -0.2) is 26.8 Å². The summed E-state index contributed by atoms with van der Waals surface area (Å²) in [6, 6.07) is 5.22. The summed E-state index contributed by atoms with van der Waals surface area (Å²) in [5.74, 6) is 0. The highest BCUT2D eigenvalue weighted by atomic mass is 32.2. The number of nitrogens with two attached hydrogens (primary N) is 1. The van der Waals surface area contributed by atoms with Crippen molar-refractivity contribution in [3.05, 3.63) is 29.3 Å². The molecule has 2 N–H and O–H groups in total. The maximum absolute atomic E-state index is 11.9. The van der Waals surface area contributed by atoms with Crippen molar-refractivity contribution in [3.63, 3.8) is 0 Å². The molecular weight excluding hydrogens is 224 g/mol. The Bertz CT molecular complexity index is 509. The molecule has 0 unspecified atom stereocenters. The van der Waals surface area contributed by atoms with Crippen LogP contribution < -0.4 is 5.73 Å². The Hall–Kier alpha value is -0.910. The molecule has 0 spiro atoms. The predicted octanol–water partition coefficient (Wildman–Crippen LogP) is 0.883. The van der Waals surface area contributed by atoms with Crippen molar-refractivity contribution in [2.75, 3.05) is 14.1 Å². The monoisotopic (exact) mass is 240 g/mol. The Labute approximate surface area is 96.1 Å². The molecule has 1 atom stereocenters. The standard InChI is InChI=1S/C11H16N2O2S/c1-13(2)16(14,15)9-5-3-8-4-6-11(12)10(8)7-9/h3,5,7,11H,4,6,12H2,1-2H3/t11-/m1/s1. The molecule has 0 heterocycles. The lowest BCUT2D eigenvalue weighted by molar-refractivity contribution is 0.520. The molecule has 1 aromatic carbocycles. The van der Waals surface area contributed by atoms with Crippen LogP contribution in [0.3, 0.4) is 0 Å². The molecule has 1 aliphatic carbocycles. The summed E-state index contributed by atoms with van der Waals surface area (Å²) in [6.45, 7) is 0. The second kappa shape index (κ2) is 3.84. The van der Waals surface area contributed by atoms with Crippen molar-refractivity contribution in [2.45, 2.75) is 23.8 Å². The SMILES string of the molecule is CN(C)S(=O)(=O)c1ccc2c(c1)[C@H](N)CC2. The first-order chi connectivity index (χ1) is 7.43. The highest BCUT2D eigenvalue weighted by molar-refractivity contribution is 7.89. The van der Waals surface area contributed by atoms with Crippen LogP contribution in [-0.2, 0) is 16.4 Å². The minimum atomic E-state index is -3.34. The van der Waals surface area contributed by atoms with Crippen molar-refractivity contribution in [1.29, 1.82) is 0 Å². The van der Waals surface area contributed by atoms with Gasteiger partial charge in [-0.1, -0.05) is 6.07 Å². The number of benzene rings is 1. The topological polar surface area (TPSA) is 63.4 Å². The van der Waals surface area contributed by atoms with E-state index in [2.05, 4.69) is 0 Å². The first kappa shape index (κ1) is 11.6. The molecule has 0 fully saturated rings. The third kappa shape index (κ3) is 1.75. The maximum Gasteiger partial charge on any atom is 0.242 e. The molecule has 2 rings (SSSR count). The van der Waals surface area contributed by atoms with Crippen molar-refractivity contribution in [3.8, 4) is 0 Å². The molecule has 0 radical (unpaired) electrons. The Kier molecular flexibility index (Phi) is 2.77. The summed E-state index contributed by atoms with van der Waals surface area (Å²) in [6.07, 6.45) is 1.85. The van der Waals surface area contributed by atoms with Gasteiger partial charge in [0.25, 0.3) is 0 Å². The fraction of sp³-hybridized carbons (Fsp3) is 0.455. The van der Waals surface area contributed by atoms with Crippen LogP contribution in [0.15, 0.2) is 23.1 Å². The van der Waals surface area contributed by atoms with Gasteiger partial charge in [-0.3, -0.25) is 0 Å². The molecule has 0 bridgehead atoms. The van der Waals surface area contributed by atoms with Gasteiger partial charge in [-0.15, -0.1) is 0 Å². The zero-order chi connectivity index (χ0) is 11.9. The molecule has 0 aromatic heterocycles. The number of sulfonamides is 1. The predicted molar refractivity (Wildman–Crippen MR) is 62.6 cm³/mol. The normalized spacial score (nSPS) is 20.1. The summed E-state index contributed by atoms with van der Waals surface area (Å²) in [7, 11) is -0.284. The van der Waals surface area contributed by atoms with E-state index in [0.29, 0.717) is 4.90 Å². The Morgan fingerprint density at radius 1 is 1.38 bits per heavy atom. The molecule has 0 saturated carbocycles. The van der Waals surface area contributed by atoms with Crippen LogP contribution in [0.2, 0.25) is 0 Å². The van der Waals surface area contributed by atoms with E-state index in [0.717, 1.165) is 18.4 Å². The average Bonchev–Trinajstić information content (AvgIpc) is 2.60. The molecule has 1 aliphatic rings. The van der Waals surface area contributed by atoms with Crippen LogP contribution in [0.1, 0.15) is 23.6 Å². The van der Waals surface area contributed by atoms with Crippen LogP contribution in [0, 0.1) is 0 Å². The van der Waals surface area contributed by atoms with Crippen molar-refractivity contribution >= 4 is 10.0 Å². The van der Waals surface area contributed by atoms with Crippen LogP contribution in [0.5, 0.6) is 0 Å². The third-order valence-electron chi connectivity index (χ3n) is 3.02. The first-order valence-corrected chi connectivity index (χ1v) is 6.68. The Balaban J connectivity index is 2.51. The maximum atomic E-state index is 11.9.